The third kappa shape index (κ3) is 5.15. The summed E-state index contributed by atoms with van der Waals surface area (Å²) < 4.78 is 5.03. The Morgan fingerprint density at radius 1 is 1.00 bits per heavy atom. The molecule has 0 saturated carbocycles. The SMILES string of the molecule is O=C(COC(=O)/C=C/c1cccs1)N[C@H](c1ccccc1)c1cccs1. The Morgan fingerprint density at radius 3 is 2.46 bits per heavy atom. The van der Waals surface area contributed by atoms with E-state index in [0.29, 0.717) is 0 Å². The van der Waals surface area contributed by atoms with Crippen LogP contribution in [0.5, 0.6) is 0 Å². The number of ether oxygens (including phenoxy) is 1. The first-order valence-corrected chi connectivity index (χ1v) is 9.74. The Bertz CT molecular complexity index is 856. The first-order valence-electron chi connectivity index (χ1n) is 7.98. The van der Waals surface area contributed by atoms with Gasteiger partial charge in [0.2, 0.25) is 0 Å². The molecule has 0 aliphatic heterocycles. The monoisotopic (exact) mass is 383 g/mol. The highest BCUT2D eigenvalue weighted by Crippen LogP contribution is 2.25. The molecule has 0 fully saturated rings. The van der Waals surface area contributed by atoms with Crippen LogP contribution in [0.4, 0.5) is 0 Å². The molecule has 1 amide bonds. The summed E-state index contributed by atoms with van der Waals surface area (Å²) in [6.07, 6.45) is 3.00. The highest BCUT2D eigenvalue weighted by Gasteiger charge is 2.18. The van der Waals surface area contributed by atoms with Crippen molar-refractivity contribution in [3.63, 3.8) is 0 Å². The van der Waals surface area contributed by atoms with Crippen molar-refractivity contribution in [3.8, 4) is 0 Å². The van der Waals surface area contributed by atoms with E-state index in [0.717, 1.165) is 15.3 Å². The second-order valence-corrected chi connectivity index (χ2v) is 7.34. The van der Waals surface area contributed by atoms with E-state index in [1.807, 2.05) is 65.4 Å². The van der Waals surface area contributed by atoms with Crippen LogP contribution < -0.4 is 5.32 Å². The molecule has 1 N–H and O–H groups in total. The number of hydrogen-bond donors (Lipinski definition) is 1. The predicted molar refractivity (Wildman–Crippen MR) is 105 cm³/mol. The van der Waals surface area contributed by atoms with Gasteiger partial charge in [0.25, 0.3) is 5.91 Å². The fourth-order valence-electron chi connectivity index (χ4n) is 2.34. The van der Waals surface area contributed by atoms with Crippen LogP contribution in [0.2, 0.25) is 0 Å². The van der Waals surface area contributed by atoms with Crippen LogP contribution in [-0.4, -0.2) is 18.5 Å². The van der Waals surface area contributed by atoms with E-state index < -0.39 is 5.97 Å². The molecule has 3 rings (SSSR count). The molecule has 1 atom stereocenters. The molecule has 3 aromatic rings. The Balaban J connectivity index is 1.57. The maximum Gasteiger partial charge on any atom is 0.331 e. The van der Waals surface area contributed by atoms with Gasteiger partial charge >= 0.3 is 5.97 Å². The standard InChI is InChI=1S/C20H17NO3S2/c22-18(14-24-19(23)11-10-16-8-4-12-25-16)21-20(17-9-5-13-26-17)15-6-2-1-3-7-15/h1-13,20H,14H2,(H,21,22)/b11-10+/t20-/m1/s1. The molecule has 26 heavy (non-hydrogen) atoms. The molecule has 4 nitrogen and oxygen atoms in total. The van der Waals surface area contributed by atoms with Crippen LogP contribution in [-0.2, 0) is 14.3 Å². The molecule has 0 saturated heterocycles. The van der Waals surface area contributed by atoms with Crippen LogP contribution in [0, 0.1) is 0 Å². The van der Waals surface area contributed by atoms with E-state index >= 15 is 0 Å². The molecule has 2 heterocycles. The third-order valence-corrected chi connectivity index (χ3v) is 5.31. The zero-order chi connectivity index (χ0) is 18.2. The number of amides is 1. The average molecular weight is 383 g/mol. The van der Waals surface area contributed by atoms with Gasteiger partial charge in [-0.05, 0) is 34.5 Å². The molecule has 0 radical (unpaired) electrons. The number of carbonyl (C=O) groups excluding carboxylic acids is 2. The third-order valence-electron chi connectivity index (χ3n) is 3.54. The lowest BCUT2D eigenvalue weighted by Gasteiger charge is -2.18. The van der Waals surface area contributed by atoms with Crippen molar-refractivity contribution in [2.75, 3.05) is 6.61 Å². The van der Waals surface area contributed by atoms with E-state index in [-0.39, 0.29) is 18.6 Å². The molecule has 6 heteroatoms. The van der Waals surface area contributed by atoms with Crippen molar-refractivity contribution >= 4 is 40.6 Å². The summed E-state index contributed by atoms with van der Waals surface area (Å²) in [5, 5.41) is 6.82. The summed E-state index contributed by atoms with van der Waals surface area (Å²) in [7, 11) is 0. The van der Waals surface area contributed by atoms with E-state index in [1.165, 1.54) is 17.4 Å². The molecule has 0 aliphatic carbocycles. The van der Waals surface area contributed by atoms with Crippen molar-refractivity contribution in [2.24, 2.45) is 0 Å². The van der Waals surface area contributed by atoms with Gasteiger partial charge in [-0.3, -0.25) is 4.79 Å². The normalized spacial score (nSPS) is 12.0. The minimum atomic E-state index is -0.541. The summed E-state index contributed by atoms with van der Waals surface area (Å²) in [6, 6.07) is 17.2. The van der Waals surface area contributed by atoms with Gasteiger partial charge in [0, 0.05) is 15.8 Å². The van der Waals surface area contributed by atoms with Crippen molar-refractivity contribution in [3.05, 3.63) is 86.8 Å². The maximum absolute atomic E-state index is 12.3. The summed E-state index contributed by atoms with van der Waals surface area (Å²) in [4.78, 5) is 26.0. The number of benzene rings is 1. The van der Waals surface area contributed by atoms with Gasteiger partial charge in [0.1, 0.15) is 0 Å². The van der Waals surface area contributed by atoms with E-state index in [4.69, 9.17) is 4.74 Å². The smallest absolute Gasteiger partial charge is 0.331 e. The predicted octanol–water partition coefficient (Wildman–Crippen LogP) is 4.27. The number of nitrogens with one attached hydrogen (secondary N) is 1. The van der Waals surface area contributed by atoms with Gasteiger partial charge < -0.3 is 10.1 Å². The number of rotatable bonds is 7. The lowest BCUT2D eigenvalue weighted by Crippen LogP contribution is -2.32. The van der Waals surface area contributed by atoms with Gasteiger partial charge in [-0.2, -0.15) is 0 Å². The minimum absolute atomic E-state index is 0.260. The molecule has 132 valence electrons. The lowest BCUT2D eigenvalue weighted by molar-refractivity contribution is -0.143. The number of thiophene rings is 2. The largest absolute Gasteiger partial charge is 0.452 e. The van der Waals surface area contributed by atoms with Gasteiger partial charge in [0.05, 0.1) is 6.04 Å². The van der Waals surface area contributed by atoms with Crippen molar-refractivity contribution in [2.45, 2.75) is 6.04 Å². The molecule has 0 spiro atoms. The van der Waals surface area contributed by atoms with Gasteiger partial charge in [-0.15, -0.1) is 22.7 Å². The van der Waals surface area contributed by atoms with Crippen molar-refractivity contribution in [1.82, 2.24) is 5.32 Å². The van der Waals surface area contributed by atoms with Crippen molar-refractivity contribution < 1.29 is 14.3 Å². The van der Waals surface area contributed by atoms with E-state index in [1.54, 1.807) is 17.4 Å². The zero-order valence-electron chi connectivity index (χ0n) is 13.8. The van der Waals surface area contributed by atoms with Crippen molar-refractivity contribution in [1.29, 1.82) is 0 Å². The lowest BCUT2D eigenvalue weighted by atomic mass is 10.1. The highest BCUT2D eigenvalue weighted by molar-refractivity contribution is 7.10. The van der Waals surface area contributed by atoms with Crippen LogP contribution >= 0.6 is 22.7 Å². The molecule has 1 aromatic carbocycles. The van der Waals surface area contributed by atoms with Crippen LogP contribution in [0.3, 0.4) is 0 Å². The Kier molecular flexibility index (Phi) is 6.35. The fraction of sp³-hybridized carbons (Fsp3) is 0.100. The van der Waals surface area contributed by atoms with Gasteiger partial charge in [-0.1, -0.05) is 42.5 Å². The van der Waals surface area contributed by atoms with Crippen LogP contribution in [0.15, 0.2) is 71.4 Å². The van der Waals surface area contributed by atoms with Gasteiger partial charge in [-0.25, -0.2) is 4.79 Å². The van der Waals surface area contributed by atoms with E-state index in [2.05, 4.69) is 5.32 Å². The summed E-state index contributed by atoms with van der Waals surface area (Å²) in [5.74, 6) is -0.883. The maximum atomic E-state index is 12.3. The molecule has 0 aliphatic rings. The van der Waals surface area contributed by atoms with Gasteiger partial charge in [0.15, 0.2) is 6.61 Å². The second-order valence-electron chi connectivity index (χ2n) is 5.38. The van der Waals surface area contributed by atoms with Crippen LogP contribution in [0.1, 0.15) is 21.4 Å². The highest BCUT2D eigenvalue weighted by atomic mass is 32.1. The first kappa shape index (κ1) is 18.1. The molecule has 2 aromatic heterocycles. The Morgan fingerprint density at radius 2 is 1.77 bits per heavy atom. The average Bonchev–Trinajstić information content (AvgIpc) is 3.37. The number of hydrogen-bond acceptors (Lipinski definition) is 5. The summed E-state index contributed by atoms with van der Waals surface area (Å²) in [5.41, 5.74) is 0.979. The Hall–Kier alpha value is -2.70. The first-order chi connectivity index (χ1) is 12.7. The number of esters is 1. The topological polar surface area (TPSA) is 55.4 Å². The fourth-order valence-corrected chi connectivity index (χ4v) is 3.76. The molecule has 0 bridgehead atoms. The quantitative estimate of drug-likeness (QED) is 0.490. The van der Waals surface area contributed by atoms with Crippen LogP contribution in [0.25, 0.3) is 6.08 Å². The Labute approximate surface area is 159 Å². The van der Waals surface area contributed by atoms with E-state index in [9.17, 15) is 9.59 Å². The summed E-state index contributed by atoms with van der Waals surface area (Å²) >= 11 is 3.09. The second kappa shape index (κ2) is 9.12. The zero-order valence-corrected chi connectivity index (χ0v) is 15.5. The minimum Gasteiger partial charge on any atom is -0.452 e. The summed E-state index contributed by atoms with van der Waals surface area (Å²) in [6.45, 7) is -0.317. The number of carbonyl (C=O) groups is 2. The molecular weight excluding hydrogens is 366 g/mol. The molecule has 0 unspecified atom stereocenters. The molecular formula is C20H17NO3S2.